The van der Waals surface area contributed by atoms with Crippen LogP contribution in [0.4, 0.5) is 10.1 Å². The van der Waals surface area contributed by atoms with Crippen molar-refractivity contribution >= 4 is 11.6 Å². The molecule has 4 heteroatoms. The predicted octanol–water partition coefficient (Wildman–Crippen LogP) is 2.01. The van der Waals surface area contributed by atoms with Gasteiger partial charge in [-0.15, -0.1) is 0 Å². The van der Waals surface area contributed by atoms with Crippen LogP contribution < -0.4 is 5.32 Å². The minimum Gasteiger partial charge on any atom is -0.372 e. The summed E-state index contributed by atoms with van der Waals surface area (Å²) < 4.78 is 13.3. The number of hydrogen-bond acceptors (Lipinski definition) is 2. The third-order valence-corrected chi connectivity index (χ3v) is 3.14. The monoisotopic (exact) mass is 243 g/mol. The normalized spacial score (nSPS) is 21.6. The SMILES string of the molecule is O=C1Nc2ccccc2[C@]1(O)c1cccc(F)c1. The molecule has 0 saturated heterocycles. The maximum atomic E-state index is 13.3. The van der Waals surface area contributed by atoms with E-state index in [2.05, 4.69) is 5.32 Å². The fourth-order valence-electron chi connectivity index (χ4n) is 2.24. The van der Waals surface area contributed by atoms with Crippen LogP contribution in [-0.4, -0.2) is 11.0 Å². The summed E-state index contributed by atoms with van der Waals surface area (Å²) in [5, 5.41) is 13.2. The molecule has 1 aliphatic heterocycles. The minimum absolute atomic E-state index is 0.227. The zero-order valence-corrected chi connectivity index (χ0v) is 9.35. The largest absolute Gasteiger partial charge is 0.372 e. The number of rotatable bonds is 1. The zero-order chi connectivity index (χ0) is 12.8. The van der Waals surface area contributed by atoms with E-state index in [1.165, 1.54) is 24.3 Å². The van der Waals surface area contributed by atoms with Gasteiger partial charge in [-0.3, -0.25) is 4.79 Å². The van der Waals surface area contributed by atoms with Crippen molar-refractivity contribution in [2.24, 2.45) is 0 Å². The molecule has 0 aliphatic carbocycles. The van der Waals surface area contributed by atoms with E-state index in [0.29, 0.717) is 11.3 Å². The fourth-order valence-corrected chi connectivity index (χ4v) is 2.24. The van der Waals surface area contributed by atoms with E-state index in [9.17, 15) is 14.3 Å². The van der Waals surface area contributed by atoms with Crippen molar-refractivity contribution in [3.05, 3.63) is 65.5 Å². The van der Waals surface area contributed by atoms with Crippen molar-refractivity contribution in [3.8, 4) is 0 Å². The Kier molecular flexibility index (Phi) is 2.21. The van der Waals surface area contributed by atoms with Gasteiger partial charge in [0.15, 0.2) is 5.60 Å². The third-order valence-electron chi connectivity index (χ3n) is 3.14. The first kappa shape index (κ1) is 10.9. The topological polar surface area (TPSA) is 49.3 Å². The molecular weight excluding hydrogens is 233 g/mol. The average molecular weight is 243 g/mol. The molecule has 0 radical (unpaired) electrons. The molecule has 2 aromatic rings. The zero-order valence-electron chi connectivity index (χ0n) is 9.35. The summed E-state index contributed by atoms with van der Waals surface area (Å²) in [5.74, 6) is -1.05. The molecule has 0 spiro atoms. The van der Waals surface area contributed by atoms with Gasteiger partial charge in [0, 0.05) is 16.8 Å². The first-order valence-electron chi connectivity index (χ1n) is 5.52. The van der Waals surface area contributed by atoms with Crippen LogP contribution >= 0.6 is 0 Å². The van der Waals surface area contributed by atoms with E-state index in [1.54, 1.807) is 24.3 Å². The number of fused-ring (bicyclic) bond motifs is 1. The van der Waals surface area contributed by atoms with Gasteiger partial charge in [0.1, 0.15) is 5.82 Å². The van der Waals surface area contributed by atoms with Gasteiger partial charge in [0.25, 0.3) is 5.91 Å². The van der Waals surface area contributed by atoms with Crippen LogP contribution in [0.15, 0.2) is 48.5 Å². The van der Waals surface area contributed by atoms with Crippen molar-refractivity contribution in [2.75, 3.05) is 5.32 Å². The summed E-state index contributed by atoms with van der Waals surface area (Å²) >= 11 is 0. The Labute approximate surface area is 103 Å². The van der Waals surface area contributed by atoms with Crippen LogP contribution in [0.3, 0.4) is 0 Å². The van der Waals surface area contributed by atoms with E-state index < -0.39 is 17.3 Å². The lowest BCUT2D eigenvalue weighted by molar-refractivity contribution is -0.129. The van der Waals surface area contributed by atoms with Crippen LogP contribution in [0.5, 0.6) is 0 Å². The molecule has 18 heavy (non-hydrogen) atoms. The Balaban J connectivity index is 2.23. The Morgan fingerprint density at radius 2 is 1.89 bits per heavy atom. The number of hydrogen-bond donors (Lipinski definition) is 2. The Bertz CT molecular complexity index is 641. The maximum Gasteiger partial charge on any atom is 0.265 e. The number of amides is 1. The van der Waals surface area contributed by atoms with Gasteiger partial charge < -0.3 is 10.4 Å². The number of nitrogens with one attached hydrogen (secondary N) is 1. The molecule has 0 saturated carbocycles. The number of aliphatic hydroxyl groups is 1. The van der Waals surface area contributed by atoms with Gasteiger partial charge in [-0.1, -0.05) is 30.3 Å². The molecule has 3 nitrogen and oxygen atoms in total. The molecule has 2 N–H and O–H groups in total. The molecular formula is C14H10FNO2. The van der Waals surface area contributed by atoms with E-state index in [-0.39, 0.29) is 5.56 Å². The van der Waals surface area contributed by atoms with Gasteiger partial charge >= 0.3 is 0 Å². The van der Waals surface area contributed by atoms with Gasteiger partial charge in [-0.25, -0.2) is 4.39 Å². The van der Waals surface area contributed by atoms with Crippen LogP contribution in [0.2, 0.25) is 0 Å². The third kappa shape index (κ3) is 1.36. The molecule has 1 amide bonds. The molecule has 0 bridgehead atoms. The highest BCUT2D eigenvalue weighted by atomic mass is 19.1. The summed E-state index contributed by atoms with van der Waals surface area (Å²) in [7, 11) is 0. The second kappa shape index (κ2) is 3.65. The molecule has 0 fully saturated rings. The summed E-state index contributed by atoms with van der Waals surface area (Å²) in [6.45, 7) is 0. The van der Waals surface area contributed by atoms with Gasteiger partial charge in [-0.2, -0.15) is 0 Å². The van der Waals surface area contributed by atoms with E-state index >= 15 is 0 Å². The summed E-state index contributed by atoms with van der Waals surface area (Å²) in [6.07, 6.45) is 0. The van der Waals surface area contributed by atoms with Gasteiger partial charge in [-0.05, 0) is 18.2 Å². The molecule has 0 aromatic heterocycles. The van der Waals surface area contributed by atoms with E-state index in [4.69, 9.17) is 0 Å². The molecule has 3 rings (SSSR count). The Hall–Kier alpha value is -2.20. The van der Waals surface area contributed by atoms with Crippen molar-refractivity contribution in [2.45, 2.75) is 5.60 Å². The first-order chi connectivity index (χ1) is 8.62. The molecule has 1 heterocycles. The highest BCUT2D eigenvalue weighted by Gasteiger charge is 2.46. The summed E-state index contributed by atoms with van der Waals surface area (Å²) in [4.78, 5) is 12.0. The molecule has 1 aliphatic rings. The second-order valence-electron chi connectivity index (χ2n) is 4.22. The number of benzene rings is 2. The van der Waals surface area contributed by atoms with Gasteiger partial charge in [0.2, 0.25) is 0 Å². The van der Waals surface area contributed by atoms with Crippen molar-refractivity contribution in [3.63, 3.8) is 0 Å². The van der Waals surface area contributed by atoms with Crippen LogP contribution in [0.1, 0.15) is 11.1 Å². The first-order valence-corrected chi connectivity index (χ1v) is 5.52. The van der Waals surface area contributed by atoms with Crippen LogP contribution in [0, 0.1) is 5.82 Å². The summed E-state index contributed by atoms with van der Waals surface area (Å²) in [6, 6.07) is 12.3. The molecule has 0 unspecified atom stereocenters. The van der Waals surface area contributed by atoms with Crippen LogP contribution in [-0.2, 0) is 10.4 Å². The average Bonchev–Trinajstić information content (AvgIpc) is 2.63. The Morgan fingerprint density at radius 1 is 1.11 bits per heavy atom. The number of halogens is 1. The maximum absolute atomic E-state index is 13.3. The lowest BCUT2D eigenvalue weighted by atomic mass is 9.87. The minimum atomic E-state index is -1.82. The summed E-state index contributed by atoms with van der Waals surface area (Å²) in [5.41, 5.74) is -0.599. The molecule has 90 valence electrons. The fraction of sp³-hybridized carbons (Fsp3) is 0.0714. The Morgan fingerprint density at radius 3 is 2.67 bits per heavy atom. The molecule has 1 atom stereocenters. The molecule has 2 aromatic carbocycles. The lowest BCUT2D eigenvalue weighted by Gasteiger charge is -2.21. The van der Waals surface area contributed by atoms with E-state index in [0.717, 1.165) is 0 Å². The van der Waals surface area contributed by atoms with Crippen molar-refractivity contribution in [1.29, 1.82) is 0 Å². The van der Waals surface area contributed by atoms with Crippen molar-refractivity contribution < 1.29 is 14.3 Å². The number of anilines is 1. The standard InChI is InChI=1S/C14H10FNO2/c15-10-5-3-4-9(8-10)14(18)11-6-1-2-7-12(11)16-13(14)17/h1-8,18H,(H,16,17)/t14-/m1/s1. The smallest absolute Gasteiger partial charge is 0.265 e. The lowest BCUT2D eigenvalue weighted by Crippen LogP contribution is -2.35. The quantitative estimate of drug-likeness (QED) is 0.805. The number of para-hydroxylation sites is 1. The second-order valence-corrected chi connectivity index (χ2v) is 4.22. The van der Waals surface area contributed by atoms with Crippen molar-refractivity contribution in [1.82, 2.24) is 0 Å². The number of carbonyl (C=O) groups excluding carboxylic acids is 1. The van der Waals surface area contributed by atoms with Crippen LogP contribution in [0.25, 0.3) is 0 Å². The highest BCUT2D eigenvalue weighted by molar-refractivity contribution is 6.07. The van der Waals surface area contributed by atoms with Gasteiger partial charge in [0.05, 0.1) is 0 Å². The van der Waals surface area contributed by atoms with E-state index in [1.807, 2.05) is 0 Å². The predicted molar refractivity (Wildman–Crippen MR) is 64.5 cm³/mol. The number of carbonyl (C=O) groups is 1. The highest BCUT2D eigenvalue weighted by Crippen LogP contribution is 2.40.